The first kappa shape index (κ1) is 16.9. The fourth-order valence-corrected chi connectivity index (χ4v) is 4.47. The standard InChI is InChI=1S/C16H22N4O3S/c17-14(21)9-19-4-1-10(2-5-19)16(23)20-6-3-12-11(8-20)7-13(24-12)15(18)22/h7,10H,1-6,8-9H2,(H2,17,21)(H2,18,22). The van der Waals surface area contributed by atoms with Gasteiger partial charge in [0.15, 0.2) is 0 Å². The van der Waals surface area contributed by atoms with Crippen molar-refractivity contribution in [3.63, 3.8) is 0 Å². The molecular formula is C16H22N4O3S. The second-order valence-corrected chi connectivity index (χ2v) is 7.59. The highest BCUT2D eigenvalue weighted by Crippen LogP contribution is 2.29. The molecule has 1 aromatic rings. The number of piperidine rings is 1. The van der Waals surface area contributed by atoms with Gasteiger partial charge in [-0.1, -0.05) is 0 Å². The van der Waals surface area contributed by atoms with Crippen LogP contribution in [0.4, 0.5) is 0 Å². The number of hydrogen-bond donors (Lipinski definition) is 2. The van der Waals surface area contributed by atoms with Crippen molar-refractivity contribution in [3.8, 4) is 0 Å². The summed E-state index contributed by atoms with van der Waals surface area (Å²) in [5.74, 6) is -0.559. The Balaban J connectivity index is 1.58. The van der Waals surface area contributed by atoms with Gasteiger partial charge in [-0.3, -0.25) is 19.3 Å². The van der Waals surface area contributed by atoms with Crippen LogP contribution in [0.5, 0.6) is 0 Å². The Labute approximate surface area is 144 Å². The molecule has 1 saturated heterocycles. The van der Waals surface area contributed by atoms with E-state index in [1.165, 1.54) is 11.3 Å². The molecule has 0 bridgehead atoms. The van der Waals surface area contributed by atoms with Crippen LogP contribution in [0, 0.1) is 5.92 Å². The van der Waals surface area contributed by atoms with Crippen LogP contribution < -0.4 is 11.5 Å². The minimum Gasteiger partial charge on any atom is -0.369 e. The number of nitrogens with zero attached hydrogens (tertiary/aromatic N) is 2. The van der Waals surface area contributed by atoms with E-state index >= 15 is 0 Å². The second kappa shape index (κ2) is 6.90. The molecule has 7 nitrogen and oxygen atoms in total. The molecule has 0 atom stereocenters. The van der Waals surface area contributed by atoms with E-state index in [1.54, 1.807) is 0 Å². The third-order valence-corrected chi connectivity index (χ3v) is 5.99. The zero-order chi connectivity index (χ0) is 17.3. The van der Waals surface area contributed by atoms with Crippen molar-refractivity contribution in [1.82, 2.24) is 9.80 Å². The molecule has 130 valence electrons. The summed E-state index contributed by atoms with van der Waals surface area (Å²) in [6, 6.07) is 1.82. The maximum Gasteiger partial charge on any atom is 0.258 e. The van der Waals surface area contributed by atoms with Gasteiger partial charge in [0.1, 0.15) is 0 Å². The summed E-state index contributed by atoms with van der Waals surface area (Å²) in [7, 11) is 0. The molecule has 0 saturated carbocycles. The van der Waals surface area contributed by atoms with Crippen molar-refractivity contribution in [2.24, 2.45) is 17.4 Å². The normalized spacial score (nSPS) is 19.1. The van der Waals surface area contributed by atoms with E-state index in [2.05, 4.69) is 0 Å². The number of likely N-dealkylation sites (tertiary alicyclic amines) is 1. The van der Waals surface area contributed by atoms with Crippen molar-refractivity contribution < 1.29 is 14.4 Å². The molecule has 0 aliphatic carbocycles. The summed E-state index contributed by atoms with van der Waals surface area (Å²) < 4.78 is 0. The van der Waals surface area contributed by atoms with Gasteiger partial charge in [0.2, 0.25) is 11.8 Å². The Kier molecular flexibility index (Phi) is 4.86. The molecule has 0 unspecified atom stereocenters. The van der Waals surface area contributed by atoms with Gasteiger partial charge in [0.05, 0.1) is 11.4 Å². The fourth-order valence-electron chi connectivity index (χ4n) is 3.46. The summed E-state index contributed by atoms with van der Waals surface area (Å²) in [6.45, 7) is 2.95. The highest BCUT2D eigenvalue weighted by atomic mass is 32.1. The average molecular weight is 350 g/mol. The molecule has 4 N–H and O–H groups in total. The number of carbonyl (C=O) groups is 3. The summed E-state index contributed by atoms with van der Waals surface area (Å²) in [4.78, 5) is 40.6. The molecule has 3 rings (SSSR count). The predicted octanol–water partition coefficient (Wildman–Crippen LogP) is -0.0710. The molecule has 0 radical (unpaired) electrons. The lowest BCUT2D eigenvalue weighted by atomic mass is 9.94. The van der Waals surface area contributed by atoms with Crippen LogP contribution in [0.25, 0.3) is 0 Å². The van der Waals surface area contributed by atoms with E-state index in [-0.39, 0.29) is 24.3 Å². The first-order valence-corrected chi connectivity index (χ1v) is 8.96. The Morgan fingerprint density at radius 2 is 1.88 bits per heavy atom. The number of rotatable bonds is 4. The van der Waals surface area contributed by atoms with Crippen molar-refractivity contribution in [2.45, 2.75) is 25.8 Å². The lowest BCUT2D eigenvalue weighted by Crippen LogP contribution is -2.45. The van der Waals surface area contributed by atoms with Crippen molar-refractivity contribution in [3.05, 3.63) is 21.4 Å². The summed E-state index contributed by atoms with van der Waals surface area (Å²) >= 11 is 1.44. The molecule has 2 aliphatic heterocycles. The first-order chi connectivity index (χ1) is 11.4. The van der Waals surface area contributed by atoms with E-state index in [0.29, 0.717) is 18.0 Å². The van der Waals surface area contributed by atoms with Crippen LogP contribution in [-0.2, 0) is 22.6 Å². The zero-order valence-electron chi connectivity index (χ0n) is 13.5. The summed E-state index contributed by atoms with van der Waals surface area (Å²) in [6.07, 6.45) is 2.29. The second-order valence-electron chi connectivity index (χ2n) is 6.45. The van der Waals surface area contributed by atoms with Gasteiger partial charge in [-0.25, -0.2) is 0 Å². The monoisotopic (exact) mass is 350 g/mol. The molecule has 8 heteroatoms. The zero-order valence-corrected chi connectivity index (χ0v) is 14.3. The number of hydrogen-bond acceptors (Lipinski definition) is 5. The smallest absolute Gasteiger partial charge is 0.258 e. The maximum atomic E-state index is 12.8. The number of thiophene rings is 1. The van der Waals surface area contributed by atoms with E-state index in [1.807, 2.05) is 15.9 Å². The first-order valence-electron chi connectivity index (χ1n) is 8.15. The molecule has 3 amide bonds. The lowest BCUT2D eigenvalue weighted by molar-refractivity contribution is -0.138. The van der Waals surface area contributed by atoms with Crippen LogP contribution in [-0.4, -0.2) is 53.7 Å². The summed E-state index contributed by atoms with van der Waals surface area (Å²) in [5.41, 5.74) is 11.6. The molecule has 24 heavy (non-hydrogen) atoms. The van der Waals surface area contributed by atoms with Gasteiger partial charge in [-0.05, 0) is 44.0 Å². The molecular weight excluding hydrogens is 328 g/mol. The van der Waals surface area contributed by atoms with Crippen molar-refractivity contribution >= 4 is 29.1 Å². The highest BCUT2D eigenvalue weighted by Gasteiger charge is 2.31. The van der Waals surface area contributed by atoms with Crippen LogP contribution in [0.15, 0.2) is 6.07 Å². The van der Waals surface area contributed by atoms with E-state index in [9.17, 15) is 14.4 Å². The van der Waals surface area contributed by atoms with Gasteiger partial charge in [-0.15, -0.1) is 11.3 Å². The van der Waals surface area contributed by atoms with E-state index < -0.39 is 5.91 Å². The van der Waals surface area contributed by atoms with E-state index in [0.717, 1.165) is 42.8 Å². The Morgan fingerprint density at radius 1 is 1.17 bits per heavy atom. The quantitative estimate of drug-likeness (QED) is 0.792. The minimum absolute atomic E-state index is 0.00456. The topological polar surface area (TPSA) is 110 Å². The van der Waals surface area contributed by atoms with Crippen LogP contribution in [0.2, 0.25) is 0 Å². The number of amides is 3. The van der Waals surface area contributed by atoms with Gasteiger partial charge in [-0.2, -0.15) is 0 Å². The lowest BCUT2D eigenvalue weighted by Gasteiger charge is -2.35. The molecule has 1 aromatic heterocycles. The highest BCUT2D eigenvalue weighted by molar-refractivity contribution is 7.14. The average Bonchev–Trinajstić information content (AvgIpc) is 2.98. The van der Waals surface area contributed by atoms with Crippen molar-refractivity contribution in [2.75, 3.05) is 26.2 Å². The van der Waals surface area contributed by atoms with Gasteiger partial charge >= 0.3 is 0 Å². The van der Waals surface area contributed by atoms with Crippen LogP contribution in [0.3, 0.4) is 0 Å². The molecule has 2 aliphatic rings. The number of primary amides is 2. The number of fused-ring (bicyclic) bond motifs is 1. The summed E-state index contributed by atoms with van der Waals surface area (Å²) in [5, 5.41) is 0. The minimum atomic E-state index is -0.408. The van der Waals surface area contributed by atoms with Gasteiger partial charge < -0.3 is 16.4 Å². The predicted molar refractivity (Wildman–Crippen MR) is 90.3 cm³/mol. The SMILES string of the molecule is NC(=O)CN1CCC(C(=O)N2CCc3sc(C(N)=O)cc3C2)CC1. The van der Waals surface area contributed by atoms with Gasteiger partial charge in [0, 0.05) is 23.9 Å². The molecule has 0 spiro atoms. The largest absolute Gasteiger partial charge is 0.369 e. The van der Waals surface area contributed by atoms with Crippen LogP contribution in [0.1, 0.15) is 33.0 Å². The fraction of sp³-hybridized carbons (Fsp3) is 0.562. The third kappa shape index (κ3) is 3.59. The maximum absolute atomic E-state index is 12.8. The van der Waals surface area contributed by atoms with Crippen molar-refractivity contribution in [1.29, 1.82) is 0 Å². The Morgan fingerprint density at radius 3 is 2.50 bits per heavy atom. The molecule has 3 heterocycles. The number of nitrogens with two attached hydrogens (primary N) is 2. The number of carbonyl (C=O) groups excluding carboxylic acids is 3. The molecule has 1 fully saturated rings. The third-order valence-electron chi connectivity index (χ3n) is 4.74. The van der Waals surface area contributed by atoms with Crippen LogP contribution >= 0.6 is 11.3 Å². The Bertz CT molecular complexity index is 664. The molecule has 0 aromatic carbocycles. The Hall–Kier alpha value is -1.93. The van der Waals surface area contributed by atoms with Gasteiger partial charge in [0.25, 0.3) is 5.91 Å². The van der Waals surface area contributed by atoms with E-state index in [4.69, 9.17) is 11.5 Å².